The van der Waals surface area contributed by atoms with E-state index in [4.69, 9.17) is 4.74 Å². The lowest BCUT2D eigenvalue weighted by Crippen LogP contribution is -2.30. The number of ether oxygens (including phenoxy) is 1. The van der Waals surface area contributed by atoms with Gasteiger partial charge in [0.2, 0.25) is 0 Å². The highest BCUT2D eigenvalue weighted by atomic mass is 16.5. The van der Waals surface area contributed by atoms with E-state index in [9.17, 15) is 4.79 Å². The molecule has 0 aliphatic carbocycles. The van der Waals surface area contributed by atoms with Gasteiger partial charge in [0.05, 0.1) is 11.7 Å². The number of rotatable bonds is 7. The van der Waals surface area contributed by atoms with E-state index < -0.39 is 0 Å². The van der Waals surface area contributed by atoms with Gasteiger partial charge in [-0.1, -0.05) is 5.21 Å². The highest BCUT2D eigenvalue weighted by Gasteiger charge is 2.22. The van der Waals surface area contributed by atoms with Gasteiger partial charge >= 0.3 is 0 Å². The maximum absolute atomic E-state index is 12.6. The van der Waals surface area contributed by atoms with Crippen molar-refractivity contribution in [3.63, 3.8) is 0 Å². The van der Waals surface area contributed by atoms with Crippen LogP contribution in [0.5, 0.6) is 5.75 Å². The number of hydrogen-bond acceptors (Lipinski definition) is 6. The number of likely N-dealkylation sites (N-methyl/N-ethyl adjacent to an activating group) is 1. The molecular weight excluding hydrogens is 344 g/mol. The summed E-state index contributed by atoms with van der Waals surface area (Å²) >= 11 is 0. The zero-order chi connectivity index (χ0) is 19.2. The van der Waals surface area contributed by atoms with Crippen LogP contribution in [0.4, 0.5) is 5.69 Å². The van der Waals surface area contributed by atoms with Crippen LogP contribution in [0, 0.1) is 6.92 Å². The third kappa shape index (κ3) is 5.05. The number of benzene rings is 1. The number of hydrogen-bond donors (Lipinski definition) is 2. The molecule has 2 heterocycles. The van der Waals surface area contributed by atoms with Gasteiger partial charge in [0.15, 0.2) is 5.69 Å². The monoisotopic (exact) mass is 372 g/mol. The summed E-state index contributed by atoms with van der Waals surface area (Å²) in [5, 5.41) is 14.6. The Morgan fingerprint density at radius 3 is 2.67 bits per heavy atom. The highest BCUT2D eigenvalue weighted by Crippen LogP contribution is 2.21. The fourth-order valence-electron chi connectivity index (χ4n) is 3.12. The van der Waals surface area contributed by atoms with Gasteiger partial charge < -0.3 is 20.3 Å². The Morgan fingerprint density at radius 2 is 2.00 bits per heavy atom. The Hall–Kier alpha value is -2.45. The molecule has 0 unspecified atom stereocenters. The van der Waals surface area contributed by atoms with Crippen LogP contribution in [0.15, 0.2) is 24.3 Å². The first-order chi connectivity index (χ1) is 13.0. The summed E-state index contributed by atoms with van der Waals surface area (Å²) in [5.41, 5.74) is 1.89. The zero-order valence-electron chi connectivity index (χ0n) is 16.2. The molecule has 27 heavy (non-hydrogen) atoms. The summed E-state index contributed by atoms with van der Waals surface area (Å²) in [7, 11) is 4.01. The molecular formula is C19H28N6O2. The van der Waals surface area contributed by atoms with Crippen LogP contribution < -0.4 is 15.4 Å². The Morgan fingerprint density at radius 1 is 1.30 bits per heavy atom. The van der Waals surface area contributed by atoms with Crippen LogP contribution in [-0.4, -0.2) is 66.1 Å². The maximum atomic E-state index is 12.6. The average Bonchev–Trinajstić information content (AvgIpc) is 3.05. The highest BCUT2D eigenvalue weighted by molar-refractivity contribution is 6.03. The Bertz CT molecular complexity index is 750. The molecule has 0 radical (unpaired) electrons. The fraction of sp³-hybridized carbons (Fsp3) is 0.526. The molecule has 2 aromatic rings. The molecule has 146 valence electrons. The van der Waals surface area contributed by atoms with Crippen molar-refractivity contribution in [2.24, 2.45) is 0 Å². The average molecular weight is 372 g/mol. The van der Waals surface area contributed by atoms with E-state index in [1.807, 2.05) is 50.0 Å². The van der Waals surface area contributed by atoms with Gasteiger partial charge in [0, 0.05) is 12.2 Å². The third-order valence-electron chi connectivity index (χ3n) is 4.72. The van der Waals surface area contributed by atoms with Crippen LogP contribution in [0.1, 0.15) is 35.1 Å². The first kappa shape index (κ1) is 19.3. The molecule has 1 saturated heterocycles. The lowest BCUT2D eigenvalue weighted by atomic mass is 10.1. The summed E-state index contributed by atoms with van der Waals surface area (Å²) in [6, 6.07) is 7.66. The summed E-state index contributed by atoms with van der Waals surface area (Å²) < 4.78 is 7.55. The molecule has 0 saturated carbocycles. The normalized spacial score (nSPS) is 15.1. The molecule has 1 fully saturated rings. The number of aromatic nitrogens is 3. The Balaban J connectivity index is 1.59. The molecule has 2 N–H and O–H groups in total. The van der Waals surface area contributed by atoms with Crippen molar-refractivity contribution in [3.8, 4) is 5.75 Å². The number of nitrogens with zero attached hydrogens (tertiary/aromatic N) is 4. The zero-order valence-corrected chi connectivity index (χ0v) is 16.2. The van der Waals surface area contributed by atoms with Crippen LogP contribution in [0.3, 0.4) is 0 Å². The second kappa shape index (κ2) is 8.96. The van der Waals surface area contributed by atoms with E-state index in [0.29, 0.717) is 24.0 Å². The first-order valence-electron chi connectivity index (χ1n) is 9.36. The number of carbonyl (C=O) groups excluding carboxylic acids is 1. The van der Waals surface area contributed by atoms with E-state index in [1.54, 1.807) is 0 Å². The van der Waals surface area contributed by atoms with Crippen LogP contribution in [-0.2, 0) is 0 Å². The Labute approximate surface area is 159 Å². The molecule has 1 aliphatic rings. The molecule has 8 nitrogen and oxygen atoms in total. The van der Waals surface area contributed by atoms with E-state index in [-0.39, 0.29) is 5.91 Å². The minimum Gasteiger partial charge on any atom is -0.492 e. The van der Waals surface area contributed by atoms with Crippen molar-refractivity contribution in [1.29, 1.82) is 0 Å². The van der Waals surface area contributed by atoms with Crippen molar-refractivity contribution in [2.75, 3.05) is 45.7 Å². The van der Waals surface area contributed by atoms with Crippen molar-refractivity contribution < 1.29 is 9.53 Å². The molecule has 0 atom stereocenters. The standard InChI is InChI=1S/C19H28N6O2/c1-14-18(22-23-25(14)16-8-10-20-11-9-16)19(26)21-15-4-6-17(7-5-15)27-13-12-24(2)3/h4-7,16,20H,8-13H2,1-3H3,(H,21,26). The minimum atomic E-state index is -0.242. The van der Waals surface area contributed by atoms with E-state index in [1.165, 1.54) is 0 Å². The van der Waals surface area contributed by atoms with Gasteiger partial charge in [-0.3, -0.25) is 4.79 Å². The Kier molecular flexibility index (Phi) is 6.41. The van der Waals surface area contributed by atoms with Crippen LogP contribution >= 0.6 is 0 Å². The molecule has 8 heteroatoms. The summed E-state index contributed by atoms with van der Waals surface area (Å²) in [5.74, 6) is 0.539. The minimum absolute atomic E-state index is 0.242. The van der Waals surface area contributed by atoms with E-state index >= 15 is 0 Å². The predicted octanol–water partition coefficient (Wildman–Crippen LogP) is 1.70. The molecule has 0 spiro atoms. The molecule has 0 bridgehead atoms. The number of nitrogens with one attached hydrogen (secondary N) is 2. The van der Waals surface area contributed by atoms with E-state index in [0.717, 1.165) is 43.9 Å². The van der Waals surface area contributed by atoms with E-state index in [2.05, 4.69) is 25.8 Å². The summed E-state index contributed by atoms with van der Waals surface area (Å²) in [6.45, 7) is 5.31. The largest absolute Gasteiger partial charge is 0.492 e. The second-order valence-electron chi connectivity index (χ2n) is 7.08. The molecule has 3 rings (SSSR count). The number of piperidine rings is 1. The third-order valence-corrected chi connectivity index (χ3v) is 4.72. The topological polar surface area (TPSA) is 84.3 Å². The van der Waals surface area contributed by atoms with Crippen LogP contribution in [0.2, 0.25) is 0 Å². The van der Waals surface area contributed by atoms with Crippen molar-refractivity contribution in [3.05, 3.63) is 35.7 Å². The SMILES string of the molecule is Cc1c(C(=O)Nc2ccc(OCCN(C)C)cc2)nnn1C1CCNCC1. The van der Waals surface area contributed by atoms with Crippen molar-refractivity contribution >= 4 is 11.6 Å². The smallest absolute Gasteiger partial charge is 0.278 e. The van der Waals surface area contributed by atoms with Gasteiger partial charge in [-0.25, -0.2) is 4.68 Å². The quantitative estimate of drug-likeness (QED) is 0.770. The lowest BCUT2D eigenvalue weighted by Gasteiger charge is -2.23. The molecule has 1 amide bonds. The molecule has 1 aliphatic heterocycles. The summed E-state index contributed by atoms with van der Waals surface area (Å²) in [6.07, 6.45) is 2.00. The van der Waals surface area contributed by atoms with Gasteiger partial charge in [-0.2, -0.15) is 0 Å². The lowest BCUT2D eigenvalue weighted by molar-refractivity contribution is 0.102. The maximum Gasteiger partial charge on any atom is 0.278 e. The second-order valence-corrected chi connectivity index (χ2v) is 7.08. The summed E-state index contributed by atoms with van der Waals surface area (Å²) in [4.78, 5) is 14.7. The number of anilines is 1. The van der Waals surface area contributed by atoms with Crippen LogP contribution in [0.25, 0.3) is 0 Å². The van der Waals surface area contributed by atoms with Crippen molar-refractivity contribution in [2.45, 2.75) is 25.8 Å². The van der Waals surface area contributed by atoms with Gasteiger partial charge in [0.1, 0.15) is 12.4 Å². The van der Waals surface area contributed by atoms with Gasteiger partial charge in [-0.05, 0) is 71.2 Å². The number of amides is 1. The van der Waals surface area contributed by atoms with Crippen molar-refractivity contribution in [1.82, 2.24) is 25.2 Å². The number of carbonyl (C=O) groups is 1. The first-order valence-corrected chi connectivity index (χ1v) is 9.36. The fourth-order valence-corrected chi connectivity index (χ4v) is 3.12. The van der Waals surface area contributed by atoms with Gasteiger partial charge in [-0.15, -0.1) is 5.10 Å². The molecule has 1 aromatic carbocycles. The predicted molar refractivity (Wildman–Crippen MR) is 104 cm³/mol. The molecule has 1 aromatic heterocycles. The van der Waals surface area contributed by atoms with Gasteiger partial charge in [0.25, 0.3) is 5.91 Å².